The fraction of sp³-hybridized carbons (Fsp3) is 0.419. The van der Waals surface area contributed by atoms with Crippen molar-refractivity contribution in [3.8, 4) is 0 Å². The lowest BCUT2D eigenvalue weighted by molar-refractivity contribution is -0.181. The molecule has 5 unspecified atom stereocenters. The number of amides is 1. The van der Waals surface area contributed by atoms with Crippen molar-refractivity contribution >= 4 is 35.8 Å². The highest BCUT2D eigenvalue weighted by Gasteiger charge is 2.31. The third-order valence-electron chi connectivity index (χ3n) is 5.95. The van der Waals surface area contributed by atoms with Crippen LogP contribution in [0.4, 0.5) is 0 Å². The number of methoxy groups -OCH3 is 1. The second-order valence-electron chi connectivity index (χ2n) is 9.56. The van der Waals surface area contributed by atoms with Crippen molar-refractivity contribution in [3.63, 3.8) is 0 Å². The molecule has 1 N–H and O–H groups in total. The zero-order valence-corrected chi connectivity index (χ0v) is 25.2. The van der Waals surface area contributed by atoms with Gasteiger partial charge in [-0.15, -0.1) is 0 Å². The van der Waals surface area contributed by atoms with Gasteiger partial charge in [0.2, 0.25) is 0 Å². The number of nitrogens with one attached hydrogen (secondary N) is 1. The molecule has 1 amide bonds. The van der Waals surface area contributed by atoms with Gasteiger partial charge < -0.3 is 33.7 Å². The maximum absolute atomic E-state index is 12.8. The van der Waals surface area contributed by atoms with Crippen LogP contribution in [0.2, 0.25) is 0 Å². The Morgan fingerprint density at radius 2 is 1.09 bits per heavy atom. The molecule has 0 aromatic heterocycles. The number of carbonyl (C=O) groups is 6. The first-order valence-electron chi connectivity index (χ1n) is 13.8. The number of hydrogen-bond donors (Lipinski definition) is 1. The molecule has 0 heterocycles. The van der Waals surface area contributed by atoms with Crippen molar-refractivity contribution in [1.29, 1.82) is 0 Å². The Labute approximate surface area is 255 Å². The molecule has 0 aliphatic rings. The SMILES string of the molecule is COCCOC(=O)C(Cc1ccccc1)NC(=O)C(C)OC(=O)C(C)OC(=O)C(C)OC(=O)C(C)OC(=O)c1ccccc1. The minimum atomic E-state index is -1.48. The molecule has 2 rings (SSSR count). The van der Waals surface area contributed by atoms with E-state index >= 15 is 0 Å². The van der Waals surface area contributed by atoms with E-state index in [0.717, 1.165) is 5.56 Å². The topological polar surface area (TPSA) is 170 Å². The number of esters is 5. The molecule has 5 atom stereocenters. The van der Waals surface area contributed by atoms with Gasteiger partial charge in [0.05, 0.1) is 12.2 Å². The predicted octanol–water partition coefficient (Wildman–Crippen LogP) is 1.94. The molecule has 13 heteroatoms. The summed E-state index contributed by atoms with van der Waals surface area (Å²) in [6.07, 6.45) is -5.52. The number of hydrogen-bond acceptors (Lipinski definition) is 12. The molecule has 0 radical (unpaired) electrons. The highest BCUT2D eigenvalue weighted by Crippen LogP contribution is 2.10. The van der Waals surface area contributed by atoms with Crippen LogP contribution in [-0.2, 0) is 58.8 Å². The van der Waals surface area contributed by atoms with Crippen molar-refractivity contribution < 1.29 is 57.2 Å². The summed E-state index contributed by atoms with van der Waals surface area (Å²) in [7, 11) is 1.45. The zero-order valence-electron chi connectivity index (χ0n) is 25.2. The minimum absolute atomic E-state index is 0.0185. The fourth-order valence-electron chi connectivity index (χ4n) is 3.47. The average Bonchev–Trinajstić information content (AvgIpc) is 3.01. The Kier molecular flexibility index (Phi) is 14.5. The van der Waals surface area contributed by atoms with E-state index in [1.165, 1.54) is 46.9 Å². The molecule has 2 aromatic rings. The van der Waals surface area contributed by atoms with Gasteiger partial charge in [-0.05, 0) is 45.4 Å². The van der Waals surface area contributed by atoms with E-state index < -0.39 is 66.2 Å². The normalized spacial score (nSPS) is 14.0. The fourth-order valence-corrected chi connectivity index (χ4v) is 3.47. The van der Waals surface area contributed by atoms with E-state index in [4.69, 9.17) is 28.4 Å². The second-order valence-corrected chi connectivity index (χ2v) is 9.56. The summed E-state index contributed by atoms with van der Waals surface area (Å²) in [5.74, 6) is -5.40. The molecule has 0 saturated heterocycles. The summed E-state index contributed by atoms with van der Waals surface area (Å²) in [5, 5.41) is 2.52. The van der Waals surface area contributed by atoms with Crippen LogP contribution in [-0.4, -0.2) is 86.5 Å². The van der Waals surface area contributed by atoms with Gasteiger partial charge in [0, 0.05) is 13.5 Å². The molecular formula is C31H37NO12. The largest absolute Gasteiger partial charge is 0.462 e. The Bertz CT molecular complexity index is 1270. The van der Waals surface area contributed by atoms with Gasteiger partial charge >= 0.3 is 29.8 Å². The van der Waals surface area contributed by atoms with E-state index in [9.17, 15) is 28.8 Å². The maximum Gasteiger partial charge on any atom is 0.348 e. The molecule has 238 valence electrons. The maximum atomic E-state index is 12.8. The molecule has 44 heavy (non-hydrogen) atoms. The van der Waals surface area contributed by atoms with Crippen LogP contribution in [0.25, 0.3) is 0 Å². The number of rotatable bonds is 16. The van der Waals surface area contributed by atoms with Crippen LogP contribution in [0.1, 0.15) is 43.6 Å². The molecule has 0 aliphatic heterocycles. The number of benzene rings is 2. The average molecular weight is 616 g/mol. The molecule has 13 nitrogen and oxygen atoms in total. The summed E-state index contributed by atoms with van der Waals surface area (Å²) < 4.78 is 30.2. The Balaban J connectivity index is 1.87. The van der Waals surface area contributed by atoms with Gasteiger partial charge in [-0.25, -0.2) is 24.0 Å². The smallest absolute Gasteiger partial charge is 0.348 e. The lowest BCUT2D eigenvalue weighted by Gasteiger charge is -2.22. The van der Waals surface area contributed by atoms with Gasteiger partial charge in [0.1, 0.15) is 12.6 Å². The first-order valence-corrected chi connectivity index (χ1v) is 13.8. The van der Waals surface area contributed by atoms with Crippen molar-refractivity contribution in [2.45, 2.75) is 64.6 Å². The molecule has 2 aromatic carbocycles. The van der Waals surface area contributed by atoms with E-state index in [0.29, 0.717) is 0 Å². The zero-order chi connectivity index (χ0) is 32.6. The monoisotopic (exact) mass is 615 g/mol. The summed E-state index contributed by atoms with van der Waals surface area (Å²) in [6, 6.07) is 15.8. The standard InChI is InChI=1S/C31H37NO12/c1-19(26(33)32-25(31(38)40-17-16-39-5)18-23-12-8-6-9-13-23)41-27(34)20(2)42-28(35)21(3)43-29(36)22(4)44-30(37)24-14-10-7-11-15-24/h6-15,19-22,25H,16-18H2,1-5H3,(H,32,33). The minimum Gasteiger partial charge on any atom is -0.462 e. The first kappa shape index (κ1) is 35.4. The summed E-state index contributed by atoms with van der Waals surface area (Å²) in [4.78, 5) is 74.8. The Hall–Kier alpha value is -4.78. The second kappa shape index (κ2) is 18.0. The first-order chi connectivity index (χ1) is 20.9. The number of carbonyl (C=O) groups excluding carboxylic acids is 6. The van der Waals surface area contributed by atoms with Crippen LogP contribution in [0.5, 0.6) is 0 Å². The third-order valence-corrected chi connectivity index (χ3v) is 5.95. The molecule has 0 bridgehead atoms. The van der Waals surface area contributed by atoms with E-state index in [-0.39, 0.29) is 25.2 Å². The molecule has 0 spiro atoms. The van der Waals surface area contributed by atoms with Gasteiger partial charge in [-0.3, -0.25) is 4.79 Å². The van der Waals surface area contributed by atoms with E-state index in [2.05, 4.69) is 5.32 Å². The number of ether oxygens (including phenoxy) is 6. The van der Waals surface area contributed by atoms with Gasteiger partial charge in [0.15, 0.2) is 24.4 Å². The Morgan fingerprint density at radius 3 is 1.61 bits per heavy atom. The van der Waals surface area contributed by atoms with Gasteiger partial charge in [-0.2, -0.15) is 0 Å². The van der Waals surface area contributed by atoms with Crippen molar-refractivity contribution in [3.05, 3.63) is 71.8 Å². The van der Waals surface area contributed by atoms with Gasteiger partial charge in [-0.1, -0.05) is 48.5 Å². The highest BCUT2D eigenvalue weighted by molar-refractivity contribution is 5.92. The van der Waals surface area contributed by atoms with Crippen LogP contribution in [0.15, 0.2) is 60.7 Å². The molecule has 0 fully saturated rings. The van der Waals surface area contributed by atoms with Crippen molar-refractivity contribution in [2.75, 3.05) is 20.3 Å². The Morgan fingerprint density at radius 1 is 0.614 bits per heavy atom. The van der Waals surface area contributed by atoms with Gasteiger partial charge in [0.25, 0.3) is 5.91 Å². The van der Waals surface area contributed by atoms with Crippen LogP contribution in [0.3, 0.4) is 0 Å². The van der Waals surface area contributed by atoms with Crippen molar-refractivity contribution in [2.24, 2.45) is 0 Å². The third kappa shape index (κ3) is 11.8. The van der Waals surface area contributed by atoms with Crippen LogP contribution >= 0.6 is 0 Å². The lowest BCUT2D eigenvalue weighted by Crippen LogP contribution is -2.48. The molecular weight excluding hydrogens is 578 g/mol. The summed E-state index contributed by atoms with van der Waals surface area (Å²) in [5.41, 5.74) is 0.980. The van der Waals surface area contributed by atoms with Crippen LogP contribution in [0, 0.1) is 0 Å². The summed E-state index contributed by atoms with van der Waals surface area (Å²) >= 11 is 0. The highest BCUT2D eigenvalue weighted by atomic mass is 16.6. The predicted molar refractivity (Wildman–Crippen MR) is 153 cm³/mol. The quantitative estimate of drug-likeness (QED) is 0.166. The lowest BCUT2D eigenvalue weighted by atomic mass is 10.1. The molecule has 0 aliphatic carbocycles. The summed E-state index contributed by atoms with van der Waals surface area (Å²) in [6.45, 7) is 5.11. The van der Waals surface area contributed by atoms with E-state index in [1.54, 1.807) is 48.5 Å². The van der Waals surface area contributed by atoms with Crippen molar-refractivity contribution in [1.82, 2.24) is 5.32 Å². The van der Waals surface area contributed by atoms with E-state index in [1.807, 2.05) is 0 Å². The van der Waals surface area contributed by atoms with Crippen LogP contribution < -0.4 is 5.32 Å². The molecule has 0 saturated carbocycles.